The topological polar surface area (TPSA) is 228 Å². The summed E-state index contributed by atoms with van der Waals surface area (Å²) in [5.41, 5.74) is 0. The fraction of sp³-hybridized carbons (Fsp3) is 0.709. The highest BCUT2D eigenvalue weighted by atomic mass is 16.7. The van der Waals surface area contributed by atoms with Crippen molar-refractivity contribution in [2.75, 3.05) is 19.8 Å². The number of amides is 1. The molecule has 12 unspecified atom stereocenters. The van der Waals surface area contributed by atoms with E-state index in [2.05, 4.69) is 153 Å². The molecule has 12 atom stereocenters. The Morgan fingerprint density at radius 3 is 1.14 bits per heavy atom. The molecule has 0 aromatic heterocycles. The summed E-state index contributed by atoms with van der Waals surface area (Å²) in [6.07, 6.45) is 74.6. The number of hydrogen-bond donors (Lipinski definition) is 9. The van der Waals surface area contributed by atoms with Crippen molar-refractivity contribution >= 4 is 5.91 Å². The highest BCUT2D eigenvalue weighted by Gasteiger charge is 2.51. The first-order valence-electron chi connectivity index (χ1n) is 36.9. The molecule has 14 heteroatoms. The molecule has 14 nitrogen and oxygen atoms in total. The predicted octanol–water partition coefficient (Wildman–Crippen LogP) is 15.8. The van der Waals surface area contributed by atoms with Gasteiger partial charge in [0.2, 0.25) is 5.91 Å². The monoisotopic (exact) mass is 1300 g/mol. The number of allylic oxidation sites excluding steroid dienone is 22. The molecule has 0 spiro atoms. The molecule has 9 N–H and O–H groups in total. The van der Waals surface area contributed by atoms with Crippen molar-refractivity contribution in [1.29, 1.82) is 0 Å². The molecule has 2 fully saturated rings. The molecule has 0 aromatic carbocycles. The maximum Gasteiger partial charge on any atom is 0.220 e. The van der Waals surface area contributed by atoms with E-state index in [1.54, 1.807) is 0 Å². The molecule has 2 rings (SSSR count). The zero-order valence-electron chi connectivity index (χ0n) is 57.9. The van der Waals surface area contributed by atoms with Gasteiger partial charge in [-0.15, -0.1) is 0 Å². The first kappa shape index (κ1) is 85.2. The van der Waals surface area contributed by atoms with Gasteiger partial charge in [0.1, 0.15) is 48.8 Å². The Morgan fingerprint density at radius 1 is 0.398 bits per heavy atom. The summed E-state index contributed by atoms with van der Waals surface area (Å²) >= 11 is 0. The summed E-state index contributed by atoms with van der Waals surface area (Å²) in [5.74, 6) is -0.221. The van der Waals surface area contributed by atoms with Gasteiger partial charge < -0.3 is 65.1 Å². The van der Waals surface area contributed by atoms with Gasteiger partial charge in [-0.05, 0) is 96.3 Å². The van der Waals surface area contributed by atoms with Gasteiger partial charge in [-0.2, -0.15) is 0 Å². The number of rotatable bonds is 59. The smallest absolute Gasteiger partial charge is 0.220 e. The Labute approximate surface area is 564 Å². The molecule has 0 aliphatic carbocycles. The Kier molecular flexibility index (Phi) is 56.5. The van der Waals surface area contributed by atoms with Crippen LogP contribution in [-0.2, 0) is 23.7 Å². The average Bonchev–Trinajstić information content (AvgIpc) is 0.958. The molecule has 532 valence electrons. The van der Waals surface area contributed by atoms with Crippen molar-refractivity contribution in [2.45, 2.75) is 338 Å². The van der Waals surface area contributed by atoms with Crippen molar-refractivity contribution in [3.05, 3.63) is 134 Å². The summed E-state index contributed by atoms with van der Waals surface area (Å²) in [4.78, 5) is 13.4. The minimum Gasteiger partial charge on any atom is -0.394 e. The van der Waals surface area contributed by atoms with E-state index >= 15 is 0 Å². The van der Waals surface area contributed by atoms with Gasteiger partial charge in [0.15, 0.2) is 12.6 Å². The van der Waals surface area contributed by atoms with Crippen molar-refractivity contribution in [3.8, 4) is 0 Å². The molecule has 2 saturated heterocycles. The van der Waals surface area contributed by atoms with Crippen molar-refractivity contribution in [1.82, 2.24) is 5.32 Å². The van der Waals surface area contributed by atoms with E-state index in [1.807, 2.05) is 0 Å². The number of hydrogen-bond acceptors (Lipinski definition) is 13. The number of nitrogens with one attached hydrogen (secondary N) is 1. The molecule has 2 aliphatic heterocycles. The van der Waals surface area contributed by atoms with E-state index in [9.17, 15) is 45.6 Å². The second-order valence-corrected chi connectivity index (χ2v) is 25.3. The fourth-order valence-corrected chi connectivity index (χ4v) is 11.3. The van der Waals surface area contributed by atoms with Crippen LogP contribution in [0.3, 0.4) is 0 Å². The molecular weight excluding hydrogens is 1170 g/mol. The number of carbonyl (C=O) groups is 1. The Balaban J connectivity index is 1.63. The molecule has 0 radical (unpaired) electrons. The number of unbranched alkanes of at least 4 members (excludes halogenated alkanes) is 24. The molecule has 2 heterocycles. The van der Waals surface area contributed by atoms with E-state index in [-0.39, 0.29) is 18.9 Å². The van der Waals surface area contributed by atoms with Crippen LogP contribution < -0.4 is 5.32 Å². The normalized spacial score (nSPS) is 23.4. The predicted molar refractivity (Wildman–Crippen MR) is 382 cm³/mol. The fourth-order valence-electron chi connectivity index (χ4n) is 11.3. The molecule has 0 bridgehead atoms. The van der Waals surface area contributed by atoms with Gasteiger partial charge in [-0.1, -0.05) is 295 Å². The zero-order chi connectivity index (χ0) is 67.3. The number of aliphatic hydroxyl groups excluding tert-OH is 8. The largest absolute Gasteiger partial charge is 0.394 e. The minimum absolute atomic E-state index is 0.221. The molecule has 1 amide bonds. The Morgan fingerprint density at radius 2 is 0.742 bits per heavy atom. The van der Waals surface area contributed by atoms with Crippen LogP contribution in [-0.4, -0.2) is 140 Å². The van der Waals surface area contributed by atoms with Gasteiger partial charge in [-0.3, -0.25) is 4.79 Å². The SMILES string of the molecule is CC/C=C\C/C=C\C/C=C\C/C=C\C/C=C\C/C=C\C/C=C\C/C=C\C/C=C\C/C=C\C/C=C\CCCCCCCCCC(=O)NC(COC1OC(CO)C(OC2OC(CO)C(O)C(O)C2O)C(O)C1O)C(O)CCCCCCCCCCCCCCCCCCCC. The van der Waals surface area contributed by atoms with Crippen molar-refractivity contribution in [2.24, 2.45) is 0 Å². The van der Waals surface area contributed by atoms with Crippen LogP contribution in [0.25, 0.3) is 0 Å². The lowest BCUT2D eigenvalue weighted by molar-refractivity contribution is -0.359. The first-order chi connectivity index (χ1) is 45.6. The second kappa shape index (κ2) is 61.7. The van der Waals surface area contributed by atoms with Crippen LogP contribution >= 0.6 is 0 Å². The summed E-state index contributed by atoms with van der Waals surface area (Å²) < 4.78 is 22.9. The van der Waals surface area contributed by atoms with Gasteiger partial charge in [0.05, 0.1) is 32.0 Å². The van der Waals surface area contributed by atoms with Crippen LogP contribution in [0, 0.1) is 0 Å². The maximum atomic E-state index is 13.4. The van der Waals surface area contributed by atoms with Gasteiger partial charge in [-0.25, -0.2) is 0 Å². The Hall–Kier alpha value is -3.87. The van der Waals surface area contributed by atoms with E-state index in [4.69, 9.17) is 18.9 Å². The molecule has 2 aliphatic rings. The third-order valence-electron chi connectivity index (χ3n) is 17.1. The van der Waals surface area contributed by atoms with E-state index in [1.165, 1.54) is 96.3 Å². The zero-order valence-corrected chi connectivity index (χ0v) is 57.9. The summed E-state index contributed by atoms with van der Waals surface area (Å²) in [6, 6.07) is -0.845. The summed E-state index contributed by atoms with van der Waals surface area (Å²) in [7, 11) is 0. The van der Waals surface area contributed by atoms with Gasteiger partial charge in [0.25, 0.3) is 0 Å². The standard InChI is InChI=1S/C79H133NO13/c1-3-5-7-9-11-13-15-17-19-21-23-24-25-26-27-28-29-30-31-32-33-34-35-36-37-38-39-40-41-42-43-44-45-47-49-51-53-55-57-59-61-63-71(84)80-67(68(83)62-60-58-56-54-52-50-48-46-22-20-18-16-14-12-10-8-6-4-2)66-90-78-76(89)74(87)77(70(65-82)92-78)93-79-75(88)73(86)72(85)69(64-81)91-79/h5,7,11,13,17,19,23-24,26-27,29-30,32-33,35-36,38-39,41-42,44-45,67-70,72-79,81-83,85-89H,3-4,6,8-10,12,14-16,18,20-22,25,28,31,34,37,40,43,46-66H2,1-2H3,(H,80,84)/b7-5-,13-11-,19-17-,24-23-,27-26-,30-29-,33-32-,36-35-,39-38-,42-41-,45-44-. The van der Waals surface area contributed by atoms with Gasteiger partial charge in [0, 0.05) is 6.42 Å². The maximum absolute atomic E-state index is 13.4. The number of carbonyl (C=O) groups excluding carboxylic acids is 1. The third-order valence-corrected chi connectivity index (χ3v) is 17.1. The molecule has 0 saturated carbocycles. The average molecular weight is 1300 g/mol. The molecule has 93 heavy (non-hydrogen) atoms. The highest BCUT2D eigenvalue weighted by Crippen LogP contribution is 2.30. The minimum atomic E-state index is -1.79. The lowest BCUT2D eigenvalue weighted by atomic mass is 9.97. The molecule has 0 aromatic rings. The highest BCUT2D eigenvalue weighted by molar-refractivity contribution is 5.76. The first-order valence-corrected chi connectivity index (χ1v) is 36.9. The number of aliphatic hydroxyl groups is 8. The van der Waals surface area contributed by atoms with Crippen molar-refractivity contribution in [3.63, 3.8) is 0 Å². The van der Waals surface area contributed by atoms with E-state index in [0.717, 1.165) is 135 Å². The van der Waals surface area contributed by atoms with Gasteiger partial charge >= 0.3 is 0 Å². The van der Waals surface area contributed by atoms with Crippen LogP contribution in [0.2, 0.25) is 0 Å². The number of ether oxygens (including phenoxy) is 4. The summed E-state index contributed by atoms with van der Waals surface area (Å²) in [6.45, 7) is 2.75. The third kappa shape index (κ3) is 45.3. The second-order valence-electron chi connectivity index (χ2n) is 25.3. The quantitative estimate of drug-likeness (QED) is 0.0204. The Bertz CT molecular complexity index is 2070. The lowest BCUT2D eigenvalue weighted by Crippen LogP contribution is -2.65. The van der Waals surface area contributed by atoms with Crippen LogP contribution in [0.1, 0.15) is 264 Å². The van der Waals surface area contributed by atoms with Crippen LogP contribution in [0.15, 0.2) is 134 Å². The van der Waals surface area contributed by atoms with E-state index < -0.39 is 86.8 Å². The summed E-state index contributed by atoms with van der Waals surface area (Å²) in [5, 5.41) is 87.6. The van der Waals surface area contributed by atoms with Crippen LogP contribution in [0.4, 0.5) is 0 Å². The molecular formula is C79H133NO13. The van der Waals surface area contributed by atoms with E-state index in [0.29, 0.717) is 12.8 Å². The van der Waals surface area contributed by atoms with Crippen LogP contribution in [0.5, 0.6) is 0 Å². The van der Waals surface area contributed by atoms with Crippen molar-refractivity contribution < 1.29 is 64.6 Å². The lowest BCUT2D eigenvalue weighted by Gasteiger charge is -2.46.